The maximum atomic E-state index is 9.78. The topological polar surface area (TPSA) is 101 Å². The quantitative estimate of drug-likeness (QED) is 0.517. The molecule has 0 amide bonds. The lowest BCUT2D eigenvalue weighted by molar-refractivity contribution is -0.133. The summed E-state index contributed by atoms with van der Waals surface area (Å²) >= 11 is 0. The average Bonchev–Trinajstić information content (AvgIpc) is 2.04. The first kappa shape index (κ1) is 12.9. The van der Waals surface area contributed by atoms with E-state index in [-0.39, 0.29) is 5.57 Å². The zero-order valence-electron chi connectivity index (χ0n) is 6.65. The van der Waals surface area contributed by atoms with Crippen LogP contribution in [0.25, 0.3) is 0 Å². The number of aliphatic carboxylic acids is 2. The molecule has 0 rings (SSSR count). The normalized spacial score (nSPS) is 9.25. The number of carboxylic acid groups (broad SMARTS) is 2. The third kappa shape index (κ3) is 11.1. The lowest BCUT2D eigenvalue weighted by atomic mass is 10.3. The minimum absolute atomic E-state index is 0.167. The van der Waals surface area contributed by atoms with Gasteiger partial charge in [-0.05, 0) is 6.92 Å². The second-order valence-corrected chi connectivity index (χ2v) is 1.70. The smallest absolute Gasteiger partial charge is 0.332 e. The van der Waals surface area contributed by atoms with Gasteiger partial charge in [0.25, 0.3) is 0 Å². The number of carboxylic acids is 2. The van der Waals surface area contributed by atoms with Crippen molar-refractivity contribution in [3.8, 4) is 0 Å². The van der Waals surface area contributed by atoms with Crippen LogP contribution in [0.4, 0.5) is 0 Å². The predicted octanol–water partition coefficient (Wildman–Crippen LogP) is 0.190. The summed E-state index contributed by atoms with van der Waals surface area (Å²) in [6.45, 7) is 4.39. The first-order valence-corrected chi connectivity index (χ1v) is 2.92. The molecular weight excluding hydrogens is 162 g/mol. The van der Waals surface area contributed by atoms with E-state index in [4.69, 9.17) is 15.9 Å². The minimum atomic E-state index is -0.981. The van der Waals surface area contributed by atoms with Crippen LogP contribution in [-0.2, 0) is 9.59 Å². The maximum absolute atomic E-state index is 9.78. The van der Waals surface area contributed by atoms with E-state index in [0.717, 1.165) is 12.3 Å². The molecule has 0 saturated carbocycles. The fourth-order valence-corrected chi connectivity index (χ4v) is 0.0713. The highest BCUT2D eigenvalue weighted by molar-refractivity contribution is 5.85. The second kappa shape index (κ2) is 7.33. The van der Waals surface area contributed by atoms with Crippen molar-refractivity contribution in [1.29, 1.82) is 0 Å². The Morgan fingerprint density at radius 1 is 1.42 bits per heavy atom. The Labute approximate surface area is 69.8 Å². The van der Waals surface area contributed by atoms with E-state index in [2.05, 4.69) is 6.58 Å². The van der Waals surface area contributed by atoms with Crippen LogP contribution in [0.15, 0.2) is 24.4 Å². The van der Waals surface area contributed by atoms with Gasteiger partial charge in [0, 0.05) is 17.8 Å². The molecule has 0 aromatic carbocycles. The molecule has 0 aromatic heterocycles. The van der Waals surface area contributed by atoms with Gasteiger partial charge in [-0.25, -0.2) is 9.59 Å². The molecule has 0 aliphatic rings. The van der Waals surface area contributed by atoms with Crippen molar-refractivity contribution in [1.82, 2.24) is 0 Å². The summed E-state index contributed by atoms with van der Waals surface area (Å²) in [5, 5.41) is 15.6. The van der Waals surface area contributed by atoms with Crippen LogP contribution in [0.1, 0.15) is 6.92 Å². The van der Waals surface area contributed by atoms with Crippen LogP contribution < -0.4 is 5.73 Å². The number of rotatable bonds is 2. The monoisotopic (exact) mass is 173 g/mol. The van der Waals surface area contributed by atoms with Gasteiger partial charge in [0.1, 0.15) is 0 Å². The summed E-state index contributed by atoms with van der Waals surface area (Å²) in [7, 11) is 0. The fraction of sp³-hybridized carbons (Fsp3) is 0.143. The van der Waals surface area contributed by atoms with Crippen molar-refractivity contribution in [2.24, 2.45) is 5.73 Å². The van der Waals surface area contributed by atoms with E-state index in [0.29, 0.717) is 0 Å². The van der Waals surface area contributed by atoms with Crippen molar-refractivity contribution >= 4 is 11.9 Å². The molecule has 0 spiro atoms. The molecule has 0 radical (unpaired) electrons. The van der Waals surface area contributed by atoms with Gasteiger partial charge in [-0.3, -0.25) is 0 Å². The van der Waals surface area contributed by atoms with Gasteiger partial charge in [-0.15, -0.1) is 0 Å². The molecule has 5 heteroatoms. The van der Waals surface area contributed by atoms with Crippen molar-refractivity contribution < 1.29 is 19.8 Å². The summed E-state index contributed by atoms with van der Waals surface area (Å²) in [5.41, 5.74) is 5.00. The van der Waals surface area contributed by atoms with Crippen molar-refractivity contribution in [2.45, 2.75) is 6.92 Å². The third-order valence-electron chi connectivity index (χ3n) is 0.762. The SMILES string of the molecule is C/C(=C\N)C(=O)O.C=CC(=O)O. The Hall–Kier alpha value is -1.78. The van der Waals surface area contributed by atoms with Gasteiger partial charge in [-0.1, -0.05) is 6.58 Å². The van der Waals surface area contributed by atoms with E-state index >= 15 is 0 Å². The number of carbonyl (C=O) groups is 2. The number of hydrogen-bond donors (Lipinski definition) is 3. The molecule has 0 aliphatic heterocycles. The Balaban J connectivity index is 0. The molecule has 0 fully saturated rings. The van der Waals surface area contributed by atoms with Crippen LogP contribution in [0, 0.1) is 0 Å². The Bertz CT molecular complexity index is 207. The van der Waals surface area contributed by atoms with Crippen LogP contribution in [-0.4, -0.2) is 22.2 Å². The van der Waals surface area contributed by atoms with E-state index in [1.165, 1.54) is 6.92 Å². The highest BCUT2D eigenvalue weighted by atomic mass is 16.4. The molecule has 68 valence electrons. The Kier molecular flexibility index (Phi) is 7.85. The van der Waals surface area contributed by atoms with Crippen molar-refractivity contribution in [2.75, 3.05) is 0 Å². The summed E-state index contributed by atoms with van der Waals surface area (Å²) < 4.78 is 0. The largest absolute Gasteiger partial charge is 0.478 e. The maximum Gasteiger partial charge on any atom is 0.332 e. The molecule has 0 unspecified atom stereocenters. The van der Waals surface area contributed by atoms with Gasteiger partial charge < -0.3 is 15.9 Å². The number of hydrogen-bond acceptors (Lipinski definition) is 3. The molecule has 12 heavy (non-hydrogen) atoms. The third-order valence-corrected chi connectivity index (χ3v) is 0.762. The van der Waals surface area contributed by atoms with Crippen LogP contribution >= 0.6 is 0 Å². The van der Waals surface area contributed by atoms with Crippen LogP contribution in [0.5, 0.6) is 0 Å². The van der Waals surface area contributed by atoms with E-state index in [9.17, 15) is 9.59 Å². The molecule has 0 atom stereocenters. The zero-order valence-corrected chi connectivity index (χ0v) is 6.65. The molecule has 0 saturated heterocycles. The minimum Gasteiger partial charge on any atom is -0.478 e. The lowest BCUT2D eigenvalue weighted by Gasteiger charge is -1.84. The molecule has 5 nitrogen and oxygen atoms in total. The zero-order chi connectivity index (χ0) is 10.1. The van der Waals surface area contributed by atoms with Gasteiger partial charge in [-0.2, -0.15) is 0 Å². The van der Waals surface area contributed by atoms with Gasteiger partial charge in [0.2, 0.25) is 0 Å². The van der Waals surface area contributed by atoms with E-state index in [1.807, 2.05) is 0 Å². The Morgan fingerprint density at radius 2 is 1.75 bits per heavy atom. The van der Waals surface area contributed by atoms with Crippen LogP contribution in [0.2, 0.25) is 0 Å². The molecule has 0 aliphatic carbocycles. The predicted molar refractivity (Wildman–Crippen MR) is 43.4 cm³/mol. The van der Waals surface area contributed by atoms with Gasteiger partial charge in [0.05, 0.1) is 0 Å². The standard InChI is InChI=1S/C4H7NO2.C3H4O2/c1-3(2-5)4(6)7;1-2-3(4)5/h2H,5H2,1H3,(H,6,7);2H,1H2,(H,4,5)/b3-2+;. The molecule has 0 heterocycles. The molecule has 4 N–H and O–H groups in total. The highest BCUT2D eigenvalue weighted by Crippen LogP contribution is 1.84. The van der Waals surface area contributed by atoms with Crippen molar-refractivity contribution in [3.63, 3.8) is 0 Å². The van der Waals surface area contributed by atoms with E-state index in [1.54, 1.807) is 0 Å². The number of nitrogens with two attached hydrogens (primary N) is 1. The highest BCUT2D eigenvalue weighted by Gasteiger charge is 1.94. The average molecular weight is 173 g/mol. The first-order valence-electron chi connectivity index (χ1n) is 2.92. The fourth-order valence-electron chi connectivity index (χ4n) is 0.0713. The van der Waals surface area contributed by atoms with Gasteiger partial charge in [0.15, 0.2) is 0 Å². The second-order valence-electron chi connectivity index (χ2n) is 1.70. The summed E-state index contributed by atoms with van der Waals surface area (Å²) in [6.07, 6.45) is 1.89. The van der Waals surface area contributed by atoms with Crippen molar-refractivity contribution in [3.05, 3.63) is 24.4 Å². The van der Waals surface area contributed by atoms with E-state index < -0.39 is 11.9 Å². The molecular formula is C7H11NO4. The molecule has 0 aromatic rings. The summed E-state index contributed by atoms with van der Waals surface area (Å²) in [6, 6.07) is 0. The lowest BCUT2D eigenvalue weighted by Crippen LogP contribution is -1.98. The van der Waals surface area contributed by atoms with Crippen LogP contribution in [0.3, 0.4) is 0 Å². The molecule has 0 bridgehead atoms. The van der Waals surface area contributed by atoms with Gasteiger partial charge >= 0.3 is 11.9 Å². The summed E-state index contributed by atoms with van der Waals surface area (Å²) in [5.74, 6) is -1.95. The first-order chi connectivity index (χ1) is 5.45. The summed E-state index contributed by atoms with van der Waals surface area (Å²) in [4.78, 5) is 19.0. The Morgan fingerprint density at radius 3 is 1.75 bits per heavy atom.